The first-order chi connectivity index (χ1) is 14.2. The monoisotopic (exact) mass is 414 g/mol. The lowest BCUT2D eigenvalue weighted by Gasteiger charge is -2.10. The fourth-order valence-electron chi connectivity index (χ4n) is 2.47. The number of hydrogen-bond donors (Lipinski definition) is 0. The predicted molar refractivity (Wildman–Crippen MR) is 108 cm³/mol. The van der Waals surface area contributed by atoms with Gasteiger partial charge in [0.05, 0.1) is 17.9 Å². The standard InChI is InChI=1S/C21H22N2O5S/c1-3-25-16-8-10-17(11-9-16)26-12-13-27-21(24)18-6-4-5-7-19(18)29-14-20-22-15(2)23-28-20/h4-11H,3,12-14H2,1-2H3. The third-order valence-corrected chi connectivity index (χ3v) is 4.81. The molecule has 0 amide bonds. The van der Waals surface area contributed by atoms with Crippen LogP contribution >= 0.6 is 11.8 Å². The number of nitrogens with zero attached hydrogens (tertiary/aromatic N) is 2. The number of carbonyl (C=O) groups is 1. The van der Waals surface area contributed by atoms with Gasteiger partial charge in [0.15, 0.2) is 5.82 Å². The van der Waals surface area contributed by atoms with Crippen molar-refractivity contribution >= 4 is 17.7 Å². The second kappa shape index (κ2) is 10.5. The van der Waals surface area contributed by atoms with Crippen molar-refractivity contribution < 1.29 is 23.5 Å². The fraction of sp³-hybridized carbons (Fsp3) is 0.286. The second-order valence-electron chi connectivity index (χ2n) is 5.91. The summed E-state index contributed by atoms with van der Waals surface area (Å²) in [6.07, 6.45) is 0. The third kappa shape index (κ3) is 6.25. The molecule has 0 atom stereocenters. The van der Waals surface area contributed by atoms with Crippen LogP contribution in [0.25, 0.3) is 0 Å². The lowest BCUT2D eigenvalue weighted by atomic mass is 10.2. The van der Waals surface area contributed by atoms with Crippen molar-refractivity contribution in [2.75, 3.05) is 19.8 Å². The van der Waals surface area contributed by atoms with E-state index < -0.39 is 5.97 Å². The summed E-state index contributed by atoms with van der Waals surface area (Å²) in [5.41, 5.74) is 0.495. The maximum Gasteiger partial charge on any atom is 0.339 e. The SMILES string of the molecule is CCOc1ccc(OCCOC(=O)c2ccccc2SCc2nc(C)no2)cc1. The van der Waals surface area contributed by atoms with Crippen LogP contribution in [-0.2, 0) is 10.5 Å². The van der Waals surface area contributed by atoms with E-state index in [1.54, 1.807) is 19.1 Å². The van der Waals surface area contributed by atoms with Gasteiger partial charge >= 0.3 is 5.97 Å². The Morgan fingerprint density at radius 2 is 1.76 bits per heavy atom. The molecular weight excluding hydrogens is 392 g/mol. The molecule has 0 spiro atoms. The number of rotatable bonds is 10. The molecule has 0 aliphatic carbocycles. The third-order valence-electron chi connectivity index (χ3n) is 3.75. The number of hydrogen-bond acceptors (Lipinski definition) is 8. The molecule has 152 valence electrons. The molecule has 3 aromatic rings. The molecule has 0 aliphatic rings. The number of thioether (sulfide) groups is 1. The van der Waals surface area contributed by atoms with E-state index in [9.17, 15) is 4.79 Å². The maximum atomic E-state index is 12.4. The van der Waals surface area contributed by atoms with Crippen molar-refractivity contribution in [3.05, 3.63) is 65.8 Å². The number of carbonyl (C=O) groups excluding carboxylic acids is 1. The molecule has 0 N–H and O–H groups in total. The van der Waals surface area contributed by atoms with Crippen LogP contribution in [0.4, 0.5) is 0 Å². The molecule has 3 rings (SSSR count). The molecule has 1 heterocycles. The van der Waals surface area contributed by atoms with Crippen molar-refractivity contribution in [1.29, 1.82) is 0 Å². The van der Waals surface area contributed by atoms with Crippen LogP contribution in [-0.4, -0.2) is 35.9 Å². The zero-order valence-corrected chi connectivity index (χ0v) is 17.1. The molecule has 1 aromatic heterocycles. The van der Waals surface area contributed by atoms with Crippen LogP contribution in [0.3, 0.4) is 0 Å². The highest BCUT2D eigenvalue weighted by Crippen LogP contribution is 2.26. The minimum absolute atomic E-state index is 0.147. The van der Waals surface area contributed by atoms with Crippen molar-refractivity contribution in [2.45, 2.75) is 24.5 Å². The Morgan fingerprint density at radius 3 is 2.45 bits per heavy atom. The number of benzene rings is 2. The summed E-state index contributed by atoms with van der Waals surface area (Å²) < 4.78 is 21.4. The molecule has 8 heteroatoms. The van der Waals surface area contributed by atoms with Gasteiger partial charge in [0.2, 0.25) is 5.89 Å². The van der Waals surface area contributed by atoms with Crippen LogP contribution in [0.5, 0.6) is 11.5 Å². The minimum atomic E-state index is -0.398. The van der Waals surface area contributed by atoms with Crippen LogP contribution in [0.1, 0.15) is 29.0 Å². The molecule has 0 bridgehead atoms. The lowest BCUT2D eigenvalue weighted by Crippen LogP contribution is -2.13. The molecular formula is C21H22N2O5S. The summed E-state index contributed by atoms with van der Waals surface area (Å²) >= 11 is 1.44. The van der Waals surface area contributed by atoms with Gasteiger partial charge in [-0.25, -0.2) is 4.79 Å². The molecule has 0 fully saturated rings. The van der Waals surface area contributed by atoms with Crippen molar-refractivity contribution in [2.24, 2.45) is 0 Å². The Morgan fingerprint density at radius 1 is 1.03 bits per heavy atom. The van der Waals surface area contributed by atoms with Gasteiger partial charge in [-0.05, 0) is 50.2 Å². The van der Waals surface area contributed by atoms with E-state index in [1.807, 2.05) is 43.3 Å². The maximum absolute atomic E-state index is 12.4. The Labute approximate surface area is 173 Å². The fourth-order valence-corrected chi connectivity index (χ4v) is 3.35. The first-order valence-corrected chi connectivity index (χ1v) is 10.2. The van der Waals surface area contributed by atoms with Crippen molar-refractivity contribution in [3.63, 3.8) is 0 Å². The highest BCUT2D eigenvalue weighted by atomic mass is 32.2. The smallest absolute Gasteiger partial charge is 0.339 e. The van der Waals surface area contributed by atoms with Gasteiger partial charge in [-0.15, -0.1) is 11.8 Å². The van der Waals surface area contributed by atoms with E-state index in [2.05, 4.69) is 10.1 Å². The molecule has 29 heavy (non-hydrogen) atoms. The first-order valence-electron chi connectivity index (χ1n) is 9.19. The van der Waals surface area contributed by atoms with Crippen LogP contribution in [0.2, 0.25) is 0 Å². The van der Waals surface area contributed by atoms with E-state index in [4.69, 9.17) is 18.7 Å². The summed E-state index contributed by atoms with van der Waals surface area (Å²) in [5.74, 6) is 2.66. The Bertz CT molecular complexity index is 927. The minimum Gasteiger partial charge on any atom is -0.494 e. The van der Waals surface area contributed by atoms with Crippen LogP contribution in [0.15, 0.2) is 57.9 Å². The van der Waals surface area contributed by atoms with Gasteiger partial charge in [0.1, 0.15) is 24.7 Å². The highest BCUT2D eigenvalue weighted by Gasteiger charge is 2.14. The predicted octanol–water partition coefficient (Wildman–Crippen LogP) is 4.30. The first kappa shape index (κ1) is 20.7. The summed E-state index contributed by atoms with van der Waals surface area (Å²) in [5, 5.41) is 3.76. The van der Waals surface area contributed by atoms with Crippen molar-refractivity contribution in [1.82, 2.24) is 10.1 Å². The molecule has 0 saturated carbocycles. The Kier molecular flexibility index (Phi) is 7.52. The van der Waals surface area contributed by atoms with E-state index in [0.717, 1.165) is 10.6 Å². The largest absolute Gasteiger partial charge is 0.494 e. The van der Waals surface area contributed by atoms with Gasteiger partial charge in [-0.2, -0.15) is 4.98 Å². The number of aryl methyl sites for hydroxylation is 1. The van der Waals surface area contributed by atoms with E-state index >= 15 is 0 Å². The average molecular weight is 414 g/mol. The lowest BCUT2D eigenvalue weighted by molar-refractivity contribution is 0.0446. The summed E-state index contributed by atoms with van der Waals surface area (Å²) in [7, 11) is 0. The summed E-state index contributed by atoms with van der Waals surface area (Å²) in [6.45, 7) is 4.72. The second-order valence-corrected chi connectivity index (χ2v) is 6.93. The summed E-state index contributed by atoms with van der Waals surface area (Å²) in [4.78, 5) is 17.4. The van der Waals surface area contributed by atoms with Gasteiger partial charge in [0.25, 0.3) is 0 Å². The Balaban J connectivity index is 1.47. The zero-order chi connectivity index (χ0) is 20.5. The molecule has 0 saturated heterocycles. The molecule has 7 nitrogen and oxygen atoms in total. The van der Waals surface area contributed by atoms with E-state index in [-0.39, 0.29) is 13.2 Å². The topological polar surface area (TPSA) is 83.7 Å². The highest BCUT2D eigenvalue weighted by molar-refractivity contribution is 7.98. The van der Waals surface area contributed by atoms with Gasteiger partial charge in [-0.1, -0.05) is 17.3 Å². The number of aromatic nitrogens is 2. The number of esters is 1. The van der Waals surface area contributed by atoms with Crippen LogP contribution in [0, 0.1) is 6.92 Å². The molecule has 0 radical (unpaired) electrons. The van der Waals surface area contributed by atoms with E-state index in [0.29, 0.717) is 35.4 Å². The Hall–Kier alpha value is -3.00. The summed E-state index contributed by atoms with van der Waals surface area (Å²) in [6, 6.07) is 14.6. The average Bonchev–Trinajstić information content (AvgIpc) is 3.16. The zero-order valence-electron chi connectivity index (χ0n) is 16.3. The van der Waals surface area contributed by atoms with Crippen molar-refractivity contribution in [3.8, 4) is 11.5 Å². The normalized spacial score (nSPS) is 10.6. The van der Waals surface area contributed by atoms with Gasteiger partial charge < -0.3 is 18.7 Å². The molecule has 0 unspecified atom stereocenters. The number of ether oxygens (including phenoxy) is 3. The molecule has 0 aliphatic heterocycles. The van der Waals surface area contributed by atoms with E-state index in [1.165, 1.54) is 11.8 Å². The van der Waals surface area contributed by atoms with Crippen LogP contribution < -0.4 is 9.47 Å². The van der Waals surface area contributed by atoms with Gasteiger partial charge in [-0.3, -0.25) is 0 Å². The molecule has 2 aromatic carbocycles. The quantitative estimate of drug-likeness (QED) is 0.276. The van der Waals surface area contributed by atoms with Gasteiger partial charge in [0, 0.05) is 4.90 Å².